The Morgan fingerprint density at radius 1 is 1.10 bits per heavy atom. The number of para-hydroxylation sites is 1. The van der Waals surface area contributed by atoms with Gasteiger partial charge >= 0.3 is 5.97 Å². The molecule has 1 amide bonds. The van der Waals surface area contributed by atoms with Crippen LogP contribution in [0, 0.1) is 6.92 Å². The van der Waals surface area contributed by atoms with Crippen molar-refractivity contribution in [3.05, 3.63) is 63.6 Å². The summed E-state index contributed by atoms with van der Waals surface area (Å²) in [7, 11) is 1.19. The summed E-state index contributed by atoms with van der Waals surface area (Å²) in [4.78, 5) is 24.6. The lowest BCUT2D eigenvalue weighted by atomic mass is 10.1. The molecule has 0 saturated heterocycles. The summed E-state index contributed by atoms with van der Waals surface area (Å²) < 4.78 is 15.5. The number of amides is 1. The second kappa shape index (κ2) is 8.98. The molecule has 0 saturated carbocycles. The van der Waals surface area contributed by atoms with Crippen molar-refractivity contribution in [2.45, 2.75) is 6.92 Å². The number of nitrogens with one attached hydrogen (secondary N) is 1. The van der Waals surface area contributed by atoms with Gasteiger partial charge in [-0.3, -0.25) is 10.1 Å². The largest absolute Gasteiger partial charge is 0.483 e. The highest BCUT2D eigenvalue weighted by atomic mass is 35.5. The monoisotopic (exact) mass is 434 g/mol. The molecule has 2 aromatic carbocycles. The van der Waals surface area contributed by atoms with Gasteiger partial charge in [-0.15, -0.1) is 0 Å². The van der Waals surface area contributed by atoms with Crippen LogP contribution in [-0.2, 0) is 9.53 Å². The third-order valence-corrected chi connectivity index (χ3v) is 4.62. The molecular formula is C20H16Cl2N2O5. The zero-order chi connectivity index (χ0) is 21.0. The van der Waals surface area contributed by atoms with E-state index in [1.165, 1.54) is 7.11 Å². The van der Waals surface area contributed by atoms with Gasteiger partial charge in [-0.25, -0.2) is 4.79 Å². The molecule has 0 bridgehead atoms. The molecule has 1 aromatic heterocycles. The molecule has 0 spiro atoms. The van der Waals surface area contributed by atoms with E-state index in [4.69, 9.17) is 37.2 Å². The number of rotatable bonds is 6. The maximum Gasteiger partial charge on any atom is 0.345 e. The number of nitrogens with zero attached hydrogens (tertiary/aromatic N) is 1. The number of aryl methyl sites for hydroxylation is 1. The van der Waals surface area contributed by atoms with Crippen molar-refractivity contribution in [1.29, 1.82) is 0 Å². The van der Waals surface area contributed by atoms with Gasteiger partial charge in [0.25, 0.3) is 5.91 Å². The van der Waals surface area contributed by atoms with Crippen LogP contribution in [0.25, 0.3) is 11.3 Å². The van der Waals surface area contributed by atoms with Crippen LogP contribution < -0.4 is 10.1 Å². The van der Waals surface area contributed by atoms with E-state index < -0.39 is 11.9 Å². The summed E-state index contributed by atoms with van der Waals surface area (Å²) >= 11 is 12.4. The van der Waals surface area contributed by atoms with E-state index in [0.29, 0.717) is 5.75 Å². The molecule has 7 nitrogen and oxygen atoms in total. The molecule has 0 atom stereocenters. The van der Waals surface area contributed by atoms with Crippen molar-refractivity contribution in [1.82, 2.24) is 5.16 Å². The van der Waals surface area contributed by atoms with Crippen LogP contribution in [0.1, 0.15) is 15.9 Å². The fourth-order valence-corrected chi connectivity index (χ4v) is 3.16. The summed E-state index contributed by atoms with van der Waals surface area (Å²) in [5.74, 6) is -0.947. The lowest BCUT2D eigenvalue weighted by Gasteiger charge is -2.09. The SMILES string of the molecule is COC(=O)c1c(-c2c(Cl)cccc2Cl)noc1NC(=O)COc1ccccc1C. The van der Waals surface area contributed by atoms with Crippen molar-refractivity contribution >= 4 is 41.0 Å². The summed E-state index contributed by atoms with van der Waals surface area (Å²) in [6, 6.07) is 12.1. The fraction of sp³-hybridized carbons (Fsp3) is 0.150. The molecule has 0 aliphatic rings. The number of aromatic nitrogens is 1. The molecule has 1 N–H and O–H groups in total. The predicted molar refractivity (Wildman–Crippen MR) is 109 cm³/mol. The average Bonchev–Trinajstić information content (AvgIpc) is 3.09. The zero-order valence-electron chi connectivity index (χ0n) is 15.5. The quantitative estimate of drug-likeness (QED) is 0.562. The maximum absolute atomic E-state index is 12.3. The Morgan fingerprint density at radius 2 is 1.79 bits per heavy atom. The van der Waals surface area contributed by atoms with E-state index in [1.54, 1.807) is 30.3 Å². The second-order valence-corrected chi connectivity index (χ2v) is 6.74. The topological polar surface area (TPSA) is 90.7 Å². The van der Waals surface area contributed by atoms with Crippen LogP contribution in [0.3, 0.4) is 0 Å². The summed E-state index contributed by atoms with van der Waals surface area (Å²) in [6.45, 7) is 1.56. The summed E-state index contributed by atoms with van der Waals surface area (Å²) in [5, 5.41) is 6.85. The van der Waals surface area contributed by atoms with E-state index >= 15 is 0 Å². The fourth-order valence-electron chi connectivity index (χ4n) is 2.59. The van der Waals surface area contributed by atoms with E-state index in [0.717, 1.165) is 5.56 Å². The van der Waals surface area contributed by atoms with Crippen molar-refractivity contribution in [3.63, 3.8) is 0 Å². The van der Waals surface area contributed by atoms with Gasteiger partial charge < -0.3 is 14.0 Å². The molecule has 9 heteroatoms. The van der Waals surface area contributed by atoms with E-state index in [2.05, 4.69) is 10.5 Å². The lowest BCUT2D eigenvalue weighted by molar-refractivity contribution is -0.118. The smallest absolute Gasteiger partial charge is 0.345 e. The van der Waals surface area contributed by atoms with Crippen LogP contribution in [0.15, 0.2) is 47.0 Å². The zero-order valence-corrected chi connectivity index (χ0v) is 17.0. The van der Waals surface area contributed by atoms with Crippen molar-refractivity contribution in [2.24, 2.45) is 0 Å². The van der Waals surface area contributed by atoms with Crippen LogP contribution in [0.4, 0.5) is 5.88 Å². The Morgan fingerprint density at radius 3 is 2.45 bits per heavy atom. The Kier molecular flexibility index (Phi) is 6.41. The first kappa shape index (κ1) is 20.7. The van der Waals surface area contributed by atoms with Crippen molar-refractivity contribution < 1.29 is 23.6 Å². The van der Waals surface area contributed by atoms with E-state index in [1.807, 2.05) is 19.1 Å². The molecule has 150 valence electrons. The normalized spacial score (nSPS) is 10.5. The van der Waals surface area contributed by atoms with Gasteiger partial charge in [0.15, 0.2) is 12.2 Å². The number of esters is 1. The van der Waals surface area contributed by atoms with Gasteiger partial charge in [-0.2, -0.15) is 0 Å². The van der Waals surface area contributed by atoms with Crippen molar-refractivity contribution in [2.75, 3.05) is 19.0 Å². The minimum absolute atomic E-state index is 0.0579. The molecular weight excluding hydrogens is 419 g/mol. The van der Waals surface area contributed by atoms with Gasteiger partial charge in [-0.05, 0) is 30.7 Å². The third-order valence-electron chi connectivity index (χ3n) is 3.99. The van der Waals surface area contributed by atoms with Crippen LogP contribution >= 0.6 is 23.2 Å². The number of halogens is 2. The molecule has 1 heterocycles. The van der Waals surface area contributed by atoms with Gasteiger partial charge in [-0.1, -0.05) is 52.6 Å². The lowest BCUT2D eigenvalue weighted by Crippen LogP contribution is -2.21. The molecule has 0 unspecified atom stereocenters. The second-order valence-electron chi connectivity index (χ2n) is 5.93. The van der Waals surface area contributed by atoms with Crippen LogP contribution in [0.5, 0.6) is 5.75 Å². The Hall–Kier alpha value is -3.03. The number of ether oxygens (including phenoxy) is 2. The molecule has 0 aliphatic carbocycles. The molecule has 0 aliphatic heterocycles. The van der Waals surface area contributed by atoms with Gasteiger partial charge in [0.05, 0.1) is 17.2 Å². The first-order chi connectivity index (χ1) is 13.9. The van der Waals surface area contributed by atoms with Crippen LogP contribution in [0.2, 0.25) is 10.0 Å². The molecule has 29 heavy (non-hydrogen) atoms. The van der Waals surface area contributed by atoms with Gasteiger partial charge in [0.2, 0.25) is 5.88 Å². The highest BCUT2D eigenvalue weighted by Crippen LogP contribution is 2.38. The first-order valence-corrected chi connectivity index (χ1v) is 9.18. The van der Waals surface area contributed by atoms with Crippen LogP contribution in [-0.4, -0.2) is 30.7 Å². The Balaban J connectivity index is 1.86. The van der Waals surface area contributed by atoms with E-state index in [-0.39, 0.29) is 39.4 Å². The summed E-state index contributed by atoms with van der Waals surface area (Å²) in [5.41, 5.74) is 1.12. The first-order valence-electron chi connectivity index (χ1n) is 8.43. The van der Waals surface area contributed by atoms with Crippen molar-refractivity contribution in [3.8, 4) is 17.0 Å². The molecule has 0 radical (unpaired) electrons. The number of hydrogen-bond acceptors (Lipinski definition) is 6. The number of anilines is 1. The third kappa shape index (κ3) is 4.52. The minimum atomic E-state index is -0.771. The summed E-state index contributed by atoms with van der Waals surface area (Å²) in [6.07, 6.45) is 0. The maximum atomic E-state index is 12.3. The molecule has 3 rings (SSSR count). The predicted octanol–water partition coefficient (Wildman–Crippen LogP) is 4.76. The Bertz CT molecular complexity index is 1040. The standard InChI is InChI=1S/C20H16Cl2N2O5/c1-11-6-3-4-9-14(11)28-10-15(25)23-19-17(20(26)27-2)18(24-29-19)16-12(21)7-5-8-13(16)22/h3-9H,10H2,1-2H3,(H,23,25). The van der Waals surface area contributed by atoms with Gasteiger partial charge in [0.1, 0.15) is 11.4 Å². The number of carbonyl (C=O) groups excluding carboxylic acids is 2. The number of methoxy groups -OCH3 is 1. The highest BCUT2D eigenvalue weighted by molar-refractivity contribution is 6.39. The highest BCUT2D eigenvalue weighted by Gasteiger charge is 2.28. The van der Waals surface area contributed by atoms with Gasteiger partial charge in [0, 0.05) is 5.56 Å². The Labute approximate surface area is 176 Å². The number of carbonyl (C=O) groups is 2. The molecule has 3 aromatic rings. The van der Waals surface area contributed by atoms with E-state index in [9.17, 15) is 9.59 Å². The average molecular weight is 435 g/mol. The number of hydrogen-bond donors (Lipinski definition) is 1. The molecule has 0 fully saturated rings. The number of benzene rings is 2. The minimum Gasteiger partial charge on any atom is -0.483 e.